The Bertz CT molecular complexity index is 304. The third-order valence-corrected chi connectivity index (χ3v) is 3.98. The smallest absolute Gasteiger partial charge is 0.328 e. The Morgan fingerprint density at radius 1 is 1.37 bits per heavy atom. The van der Waals surface area contributed by atoms with E-state index in [2.05, 4.69) is 13.8 Å². The second kappa shape index (κ2) is 8.18. The van der Waals surface area contributed by atoms with Gasteiger partial charge in [-0.25, -0.2) is 4.79 Å². The standard InChI is InChI=1S/C15H27NO3/c1-4-6-7-8-9-12(5-2)16-13(15(18)19-3)10-11-14(16)17/h12-13H,4-11H2,1-3H3. The summed E-state index contributed by atoms with van der Waals surface area (Å²) in [6, 6.07) is -0.162. The van der Waals surface area contributed by atoms with Gasteiger partial charge in [0.05, 0.1) is 7.11 Å². The minimum Gasteiger partial charge on any atom is -0.467 e. The first-order chi connectivity index (χ1) is 9.15. The lowest BCUT2D eigenvalue weighted by Gasteiger charge is -2.31. The zero-order valence-electron chi connectivity index (χ0n) is 12.5. The number of likely N-dealkylation sites (tertiary alicyclic amines) is 1. The molecule has 1 rings (SSSR count). The van der Waals surface area contributed by atoms with Gasteiger partial charge in [-0.1, -0.05) is 39.5 Å². The lowest BCUT2D eigenvalue weighted by atomic mass is 10.0. The maximum Gasteiger partial charge on any atom is 0.328 e. The Morgan fingerprint density at radius 3 is 2.68 bits per heavy atom. The van der Waals surface area contributed by atoms with Crippen LogP contribution in [-0.2, 0) is 14.3 Å². The Morgan fingerprint density at radius 2 is 2.11 bits per heavy atom. The highest BCUT2D eigenvalue weighted by molar-refractivity contribution is 5.88. The molecule has 19 heavy (non-hydrogen) atoms. The minimum absolute atomic E-state index is 0.109. The third kappa shape index (κ3) is 4.22. The van der Waals surface area contributed by atoms with Gasteiger partial charge in [-0.3, -0.25) is 4.79 Å². The third-order valence-electron chi connectivity index (χ3n) is 3.98. The molecule has 0 aromatic heterocycles. The van der Waals surface area contributed by atoms with Crippen LogP contribution in [0.3, 0.4) is 0 Å². The molecular weight excluding hydrogens is 242 g/mol. The van der Waals surface area contributed by atoms with Crippen LogP contribution in [0.25, 0.3) is 0 Å². The van der Waals surface area contributed by atoms with Gasteiger partial charge in [0.25, 0.3) is 0 Å². The number of esters is 1. The van der Waals surface area contributed by atoms with E-state index in [0.717, 1.165) is 19.3 Å². The molecule has 0 spiro atoms. The Labute approximate surface area is 116 Å². The van der Waals surface area contributed by atoms with Crippen molar-refractivity contribution in [3.63, 3.8) is 0 Å². The molecule has 0 aliphatic carbocycles. The molecule has 2 atom stereocenters. The summed E-state index contributed by atoms with van der Waals surface area (Å²) < 4.78 is 4.82. The summed E-state index contributed by atoms with van der Waals surface area (Å²) in [7, 11) is 1.39. The number of unbranched alkanes of at least 4 members (excludes halogenated alkanes) is 3. The number of carbonyl (C=O) groups excluding carboxylic acids is 2. The van der Waals surface area contributed by atoms with E-state index >= 15 is 0 Å². The van der Waals surface area contributed by atoms with Crippen LogP contribution >= 0.6 is 0 Å². The summed E-state index contributed by atoms with van der Waals surface area (Å²) in [6.07, 6.45) is 7.78. The number of methoxy groups -OCH3 is 1. The highest BCUT2D eigenvalue weighted by atomic mass is 16.5. The van der Waals surface area contributed by atoms with Crippen molar-refractivity contribution in [2.24, 2.45) is 0 Å². The number of ether oxygens (including phenoxy) is 1. The quantitative estimate of drug-likeness (QED) is 0.503. The summed E-state index contributed by atoms with van der Waals surface area (Å²) in [6.45, 7) is 4.28. The van der Waals surface area contributed by atoms with Crippen molar-refractivity contribution in [3.8, 4) is 0 Å². The summed E-state index contributed by atoms with van der Waals surface area (Å²) in [5.41, 5.74) is 0. The van der Waals surface area contributed by atoms with Gasteiger partial charge in [0, 0.05) is 12.5 Å². The fraction of sp³-hybridized carbons (Fsp3) is 0.867. The summed E-state index contributed by atoms with van der Waals surface area (Å²) in [4.78, 5) is 25.6. The van der Waals surface area contributed by atoms with Crippen molar-refractivity contribution < 1.29 is 14.3 Å². The maximum absolute atomic E-state index is 12.0. The fourth-order valence-corrected chi connectivity index (χ4v) is 2.87. The van der Waals surface area contributed by atoms with Crippen molar-refractivity contribution in [2.45, 2.75) is 77.3 Å². The van der Waals surface area contributed by atoms with Crippen LogP contribution < -0.4 is 0 Å². The first kappa shape index (κ1) is 16.0. The highest BCUT2D eigenvalue weighted by Crippen LogP contribution is 2.26. The van der Waals surface area contributed by atoms with E-state index in [4.69, 9.17) is 4.74 Å². The van der Waals surface area contributed by atoms with Crippen LogP contribution in [0.15, 0.2) is 0 Å². The Balaban J connectivity index is 2.60. The van der Waals surface area contributed by atoms with E-state index in [-0.39, 0.29) is 24.0 Å². The molecule has 1 amide bonds. The second-order valence-corrected chi connectivity index (χ2v) is 5.29. The van der Waals surface area contributed by atoms with Gasteiger partial charge in [-0.05, 0) is 19.3 Å². The zero-order chi connectivity index (χ0) is 14.3. The first-order valence-electron chi connectivity index (χ1n) is 7.54. The molecule has 1 fully saturated rings. The molecule has 4 nitrogen and oxygen atoms in total. The van der Waals surface area contributed by atoms with Crippen LogP contribution in [0.2, 0.25) is 0 Å². The molecule has 110 valence electrons. The molecule has 0 aromatic carbocycles. The van der Waals surface area contributed by atoms with Crippen molar-refractivity contribution in [3.05, 3.63) is 0 Å². The molecule has 1 aliphatic rings. The molecule has 2 unspecified atom stereocenters. The van der Waals surface area contributed by atoms with Crippen LogP contribution in [0, 0.1) is 0 Å². The van der Waals surface area contributed by atoms with E-state index < -0.39 is 0 Å². The van der Waals surface area contributed by atoms with Crippen molar-refractivity contribution in [1.29, 1.82) is 0 Å². The van der Waals surface area contributed by atoms with Crippen LogP contribution in [0.4, 0.5) is 0 Å². The number of carbonyl (C=O) groups is 2. The second-order valence-electron chi connectivity index (χ2n) is 5.29. The van der Waals surface area contributed by atoms with Crippen molar-refractivity contribution in [2.75, 3.05) is 7.11 Å². The fourth-order valence-electron chi connectivity index (χ4n) is 2.87. The van der Waals surface area contributed by atoms with Gasteiger partial charge >= 0.3 is 5.97 Å². The molecule has 0 saturated carbocycles. The normalized spacial score (nSPS) is 20.7. The lowest BCUT2D eigenvalue weighted by molar-refractivity contribution is -0.151. The first-order valence-corrected chi connectivity index (χ1v) is 7.54. The highest BCUT2D eigenvalue weighted by Gasteiger charge is 2.39. The molecule has 0 bridgehead atoms. The van der Waals surface area contributed by atoms with Crippen LogP contribution in [0.5, 0.6) is 0 Å². The summed E-state index contributed by atoms with van der Waals surface area (Å²) in [5.74, 6) is -0.157. The molecule has 0 radical (unpaired) electrons. The number of hydrogen-bond acceptors (Lipinski definition) is 3. The van der Waals surface area contributed by atoms with Gasteiger partial charge in [0.2, 0.25) is 5.91 Å². The number of hydrogen-bond donors (Lipinski definition) is 0. The van der Waals surface area contributed by atoms with Crippen LogP contribution in [-0.4, -0.2) is 36.0 Å². The van der Waals surface area contributed by atoms with Gasteiger partial charge in [-0.2, -0.15) is 0 Å². The average molecular weight is 269 g/mol. The number of rotatable bonds is 8. The Hall–Kier alpha value is -1.06. The number of amides is 1. The van der Waals surface area contributed by atoms with Crippen molar-refractivity contribution in [1.82, 2.24) is 4.90 Å². The molecule has 4 heteroatoms. The predicted molar refractivity (Wildman–Crippen MR) is 74.7 cm³/mol. The number of nitrogens with zero attached hydrogens (tertiary/aromatic N) is 1. The zero-order valence-corrected chi connectivity index (χ0v) is 12.5. The van der Waals surface area contributed by atoms with E-state index in [0.29, 0.717) is 12.8 Å². The maximum atomic E-state index is 12.0. The van der Waals surface area contributed by atoms with Crippen molar-refractivity contribution >= 4 is 11.9 Å². The van der Waals surface area contributed by atoms with E-state index in [1.54, 1.807) is 4.90 Å². The molecule has 1 saturated heterocycles. The molecule has 0 aromatic rings. The van der Waals surface area contributed by atoms with E-state index in [9.17, 15) is 9.59 Å². The van der Waals surface area contributed by atoms with Gasteiger partial charge in [-0.15, -0.1) is 0 Å². The topological polar surface area (TPSA) is 46.6 Å². The van der Waals surface area contributed by atoms with E-state index in [1.807, 2.05) is 0 Å². The SMILES string of the molecule is CCCCCCC(CC)N1C(=O)CCC1C(=O)OC. The monoisotopic (exact) mass is 269 g/mol. The minimum atomic E-state index is -0.353. The van der Waals surface area contributed by atoms with Gasteiger partial charge in [0.15, 0.2) is 0 Å². The van der Waals surface area contributed by atoms with Gasteiger partial charge in [0.1, 0.15) is 6.04 Å². The molecule has 1 heterocycles. The predicted octanol–water partition coefficient (Wildman–Crippen LogP) is 2.90. The van der Waals surface area contributed by atoms with Crippen LogP contribution in [0.1, 0.15) is 65.2 Å². The lowest BCUT2D eigenvalue weighted by Crippen LogP contribution is -2.45. The Kier molecular flexibility index (Phi) is 6.89. The molecule has 0 N–H and O–H groups in total. The molecule has 1 aliphatic heterocycles. The molecular formula is C15H27NO3. The van der Waals surface area contributed by atoms with Gasteiger partial charge < -0.3 is 9.64 Å². The van der Waals surface area contributed by atoms with E-state index in [1.165, 1.54) is 26.4 Å². The average Bonchev–Trinajstić information content (AvgIpc) is 2.80. The largest absolute Gasteiger partial charge is 0.467 e. The summed E-state index contributed by atoms with van der Waals surface area (Å²) in [5, 5.41) is 0. The summed E-state index contributed by atoms with van der Waals surface area (Å²) >= 11 is 0.